The molecule has 0 saturated carbocycles. The van der Waals surface area contributed by atoms with E-state index in [1.54, 1.807) is 0 Å². The number of hydrogen-bond acceptors (Lipinski definition) is 8. The van der Waals surface area contributed by atoms with E-state index < -0.39 is 50.3 Å². The van der Waals surface area contributed by atoms with Crippen LogP contribution in [0.1, 0.15) is 96.8 Å². The molecule has 0 spiro atoms. The molecular formula is C27H42F6O8. The third-order valence-electron chi connectivity index (χ3n) is 5.49. The van der Waals surface area contributed by atoms with Crippen LogP contribution in [0.4, 0.5) is 26.3 Å². The maximum atomic E-state index is 12.5. The number of halogens is 6. The molecule has 14 heteroatoms. The summed E-state index contributed by atoms with van der Waals surface area (Å²) in [5, 5.41) is 0. The van der Waals surface area contributed by atoms with Gasteiger partial charge in [0, 0.05) is 6.08 Å². The predicted molar refractivity (Wildman–Crippen MR) is 135 cm³/mol. The van der Waals surface area contributed by atoms with E-state index in [0.717, 1.165) is 31.8 Å². The van der Waals surface area contributed by atoms with E-state index >= 15 is 0 Å². The van der Waals surface area contributed by atoms with Crippen LogP contribution in [0.3, 0.4) is 0 Å². The lowest BCUT2D eigenvalue weighted by atomic mass is 10.1. The zero-order chi connectivity index (χ0) is 31.0. The van der Waals surface area contributed by atoms with Crippen molar-refractivity contribution in [2.45, 2.75) is 110 Å². The third kappa shape index (κ3) is 27.6. The summed E-state index contributed by atoms with van der Waals surface area (Å²) >= 11 is 0. The molecule has 0 aromatic carbocycles. The molecular weight excluding hydrogens is 566 g/mol. The highest BCUT2D eigenvalue weighted by atomic mass is 19.4. The molecule has 0 radical (unpaired) electrons. The van der Waals surface area contributed by atoms with Gasteiger partial charge in [-0.1, -0.05) is 45.4 Å². The van der Waals surface area contributed by atoms with E-state index in [1.165, 1.54) is 0 Å². The zero-order valence-corrected chi connectivity index (χ0v) is 23.5. The SMILES string of the molecule is CCCCCCCOC(=O)CC(=CC(=O)OCCCCCCOC(F)(F)F)C(=O)OCCCCCCOC(F)(F)F. The van der Waals surface area contributed by atoms with Gasteiger partial charge in [-0.15, -0.1) is 26.3 Å². The minimum Gasteiger partial charge on any atom is -0.465 e. The monoisotopic (exact) mass is 608 g/mol. The highest BCUT2D eigenvalue weighted by Gasteiger charge is 2.29. The molecule has 0 atom stereocenters. The van der Waals surface area contributed by atoms with Gasteiger partial charge in [-0.3, -0.25) is 14.3 Å². The molecule has 0 aliphatic rings. The summed E-state index contributed by atoms with van der Waals surface area (Å²) in [4.78, 5) is 36.9. The van der Waals surface area contributed by atoms with Crippen molar-refractivity contribution in [2.75, 3.05) is 33.0 Å². The van der Waals surface area contributed by atoms with Crippen LogP contribution >= 0.6 is 0 Å². The van der Waals surface area contributed by atoms with Gasteiger partial charge in [0.25, 0.3) is 0 Å². The average Bonchev–Trinajstić information content (AvgIpc) is 2.87. The summed E-state index contributed by atoms with van der Waals surface area (Å²) in [6, 6.07) is 0. The standard InChI is InChI=1S/C27H42F6O8/c1-2-3-4-5-10-15-37-23(34)20-22(25(36)39-17-12-7-9-14-19-41-27(31,32)33)21-24(35)38-16-11-6-8-13-18-40-26(28,29)30/h21H,2-20H2,1H3. The fourth-order valence-corrected chi connectivity index (χ4v) is 3.39. The molecule has 0 aromatic heterocycles. The van der Waals surface area contributed by atoms with Gasteiger partial charge in [0.2, 0.25) is 0 Å². The van der Waals surface area contributed by atoms with E-state index in [0.29, 0.717) is 44.9 Å². The molecule has 41 heavy (non-hydrogen) atoms. The smallest absolute Gasteiger partial charge is 0.465 e. The first kappa shape index (κ1) is 38.6. The van der Waals surface area contributed by atoms with E-state index in [4.69, 9.17) is 14.2 Å². The van der Waals surface area contributed by atoms with Crippen molar-refractivity contribution in [1.82, 2.24) is 0 Å². The highest BCUT2D eigenvalue weighted by Crippen LogP contribution is 2.18. The Morgan fingerprint density at radius 2 is 0.976 bits per heavy atom. The number of carbonyl (C=O) groups is 3. The van der Waals surface area contributed by atoms with Gasteiger partial charge in [0.05, 0.1) is 45.0 Å². The molecule has 0 saturated heterocycles. The molecule has 0 aromatic rings. The van der Waals surface area contributed by atoms with Crippen LogP contribution in [0.25, 0.3) is 0 Å². The summed E-state index contributed by atoms with van der Waals surface area (Å²) in [7, 11) is 0. The number of carbonyl (C=O) groups excluding carboxylic acids is 3. The second-order valence-electron chi connectivity index (χ2n) is 9.20. The topological polar surface area (TPSA) is 97.4 Å². The van der Waals surface area contributed by atoms with Crippen LogP contribution in [0.5, 0.6) is 0 Å². The van der Waals surface area contributed by atoms with Crippen molar-refractivity contribution in [3.05, 3.63) is 11.6 Å². The Balaban J connectivity index is 4.59. The van der Waals surface area contributed by atoms with Crippen molar-refractivity contribution in [2.24, 2.45) is 0 Å². The van der Waals surface area contributed by atoms with Gasteiger partial charge in [-0.25, -0.2) is 9.59 Å². The van der Waals surface area contributed by atoms with E-state index in [2.05, 4.69) is 16.4 Å². The Kier molecular flexibility index (Phi) is 21.9. The van der Waals surface area contributed by atoms with Crippen LogP contribution < -0.4 is 0 Å². The molecule has 0 amide bonds. The number of esters is 3. The average molecular weight is 609 g/mol. The van der Waals surface area contributed by atoms with Gasteiger partial charge in [-0.2, -0.15) is 0 Å². The minimum atomic E-state index is -4.68. The first-order chi connectivity index (χ1) is 19.3. The largest absolute Gasteiger partial charge is 0.522 e. The first-order valence-corrected chi connectivity index (χ1v) is 14.0. The lowest BCUT2D eigenvalue weighted by molar-refractivity contribution is -0.325. The van der Waals surface area contributed by atoms with Crippen LogP contribution in [0.15, 0.2) is 11.6 Å². The van der Waals surface area contributed by atoms with Crippen molar-refractivity contribution >= 4 is 17.9 Å². The Morgan fingerprint density at radius 1 is 0.561 bits per heavy atom. The number of unbranched alkanes of at least 4 members (excludes halogenated alkanes) is 10. The number of ether oxygens (including phenoxy) is 5. The van der Waals surface area contributed by atoms with E-state index in [1.807, 2.05) is 0 Å². The van der Waals surface area contributed by atoms with Gasteiger partial charge >= 0.3 is 30.6 Å². The second-order valence-corrected chi connectivity index (χ2v) is 9.20. The normalized spacial score (nSPS) is 12.3. The van der Waals surface area contributed by atoms with Crippen LogP contribution in [-0.4, -0.2) is 63.7 Å². The fraction of sp³-hybridized carbons (Fsp3) is 0.815. The third-order valence-corrected chi connectivity index (χ3v) is 5.49. The number of alkyl halides is 6. The molecule has 0 rings (SSSR count). The molecule has 0 aliphatic carbocycles. The lowest BCUT2D eigenvalue weighted by Gasteiger charge is -2.10. The second kappa shape index (κ2) is 23.2. The number of rotatable bonds is 24. The Bertz CT molecular complexity index is 753. The van der Waals surface area contributed by atoms with Crippen molar-refractivity contribution in [1.29, 1.82) is 0 Å². The molecule has 0 fully saturated rings. The maximum absolute atomic E-state index is 12.5. The maximum Gasteiger partial charge on any atom is 0.522 e. The van der Waals surface area contributed by atoms with Gasteiger partial charge in [0.1, 0.15) is 0 Å². The predicted octanol–water partition coefficient (Wildman–Crippen LogP) is 7.10. The first-order valence-electron chi connectivity index (χ1n) is 14.0. The minimum absolute atomic E-state index is 0.0436. The molecule has 0 aliphatic heterocycles. The summed E-state index contributed by atoms with van der Waals surface area (Å²) in [6.07, 6.45) is -1.43. The zero-order valence-electron chi connectivity index (χ0n) is 23.5. The summed E-state index contributed by atoms with van der Waals surface area (Å²) in [6.45, 7) is 1.20. The van der Waals surface area contributed by atoms with Crippen molar-refractivity contribution < 1.29 is 64.4 Å². The van der Waals surface area contributed by atoms with Crippen LogP contribution in [-0.2, 0) is 38.1 Å². The van der Waals surface area contributed by atoms with Crippen LogP contribution in [0.2, 0.25) is 0 Å². The fourth-order valence-electron chi connectivity index (χ4n) is 3.39. The number of hydrogen-bond donors (Lipinski definition) is 0. The van der Waals surface area contributed by atoms with E-state index in [9.17, 15) is 40.7 Å². The quantitative estimate of drug-likeness (QED) is 0.0377. The molecule has 0 heterocycles. The summed E-state index contributed by atoms with van der Waals surface area (Å²) < 4.78 is 94.3. The van der Waals surface area contributed by atoms with Crippen LogP contribution in [0, 0.1) is 0 Å². The molecule has 8 nitrogen and oxygen atoms in total. The van der Waals surface area contributed by atoms with E-state index in [-0.39, 0.29) is 38.2 Å². The highest BCUT2D eigenvalue weighted by molar-refractivity contribution is 5.99. The Morgan fingerprint density at radius 3 is 1.44 bits per heavy atom. The van der Waals surface area contributed by atoms with Gasteiger partial charge in [0.15, 0.2) is 0 Å². The lowest BCUT2D eigenvalue weighted by Crippen LogP contribution is -2.17. The Labute approximate surface area is 237 Å². The Hall–Kier alpha value is -2.35. The van der Waals surface area contributed by atoms with Crippen molar-refractivity contribution in [3.8, 4) is 0 Å². The van der Waals surface area contributed by atoms with Gasteiger partial charge in [-0.05, 0) is 44.9 Å². The summed E-state index contributed by atoms with van der Waals surface area (Å²) in [5.74, 6) is -2.54. The summed E-state index contributed by atoms with van der Waals surface area (Å²) in [5.41, 5.74) is -0.270. The molecule has 240 valence electrons. The van der Waals surface area contributed by atoms with Crippen molar-refractivity contribution in [3.63, 3.8) is 0 Å². The molecule has 0 unspecified atom stereocenters. The molecule has 0 bridgehead atoms. The van der Waals surface area contributed by atoms with Gasteiger partial charge < -0.3 is 14.2 Å². The molecule has 0 N–H and O–H groups in total.